The summed E-state index contributed by atoms with van der Waals surface area (Å²) in [6, 6.07) is 2.59. The summed E-state index contributed by atoms with van der Waals surface area (Å²) >= 11 is 0. The number of nitrogens with one attached hydrogen (secondary N) is 3. The van der Waals surface area contributed by atoms with E-state index in [-0.39, 0.29) is 17.7 Å². The minimum absolute atomic E-state index is 0.0375. The molecule has 0 saturated heterocycles. The van der Waals surface area contributed by atoms with E-state index in [4.69, 9.17) is 0 Å². The summed E-state index contributed by atoms with van der Waals surface area (Å²) in [6.45, 7) is 4.39. The molecule has 38 heavy (non-hydrogen) atoms. The SMILES string of the molecule is CCC=CCC=CCC=CCC=CCC=CCCCC(=O)NCCNC(=O)[C@H](C)NC(=O)c1cccnc1. The highest BCUT2D eigenvalue weighted by Crippen LogP contribution is 2.00. The van der Waals surface area contributed by atoms with Crippen molar-refractivity contribution in [1.82, 2.24) is 20.9 Å². The van der Waals surface area contributed by atoms with E-state index in [1.807, 2.05) is 0 Å². The lowest BCUT2D eigenvalue weighted by Crippen LogP contribution is -2.46. The molecule has 0 aliphatic heterocycles. The highest BCUT2D eigenvalue weighted by Gasteiger charge is 2.16. The molecule has 1 rings (SSSR count). The fourth-order valence-corrected chi connectivity index (χ4v) is 3.22. The molecule has 0 aliphatic rings. The zero-order chi connectivity index (χ0) is 27.7. The smallest absolute Gasteiger partial charge is 0.253 e. The Hall–Kier alpha value is -3.74. The highest BCUT2D eigenvalue weighted by atomic mass is 16.2. The van der Waals surface area contributed by atoms with Crippen molar-refractivity contribution in [3.05, 3.63) is 90.9 Å². The van der Waals surface area contributed by atoms with Gasteiger partial charge in [-0.1, -0.05) is 67.7 Å². The summed E-state index contributed by atoms with van der Waals surface area (Å²) in [5.74, 6) is -0.707. The number of pyridine rings is 1. The van der Waals surface area contributed by atoms with Gasteiger partial charge >= 0.3 is 0 Å². The van der Waals surface area contributed by atoms with Crippen molar-refractivity contribution in [2.24, 2.45) is 0 Å². The number of allylic oxidation sites excluding steroid dienone is 10. The van der Waals surface area contributed by atoms with Crippen molar-refractivity contribution >= 4 is 17.7 Å². The predicted octanol–water partition coefficient (Wildman–Crippen LogP) is 5.35. The van der Waals surface area contributed by atoms with E-state index in [9.17, 15) is 14.4 Å². The van der Waals surface area contributed by atoms with Crippen LogP contribution in [-0.4, -0.2) is 41.8 Å². The number of carbonyl (C=O) groups is 3. The first-order valence-corrected chi connectivity index (χ1v) is 13.5. The van der Waals surface area contributed by atoms with Crippen LogP contribution in [0.15, 0.2) is 85.3 Å². The van der Waals surface area contributed by atoms with Gasteiger partial charge in [-0.2, -0.15) is 0 Å². The Morgan fingerprint density at radius 2 is 1.42 bits per heavy atom. The third-order valence-electron chi connectivity index (χ3n) is 5.34. The Labute approximate surface area is 228 Å². The number of rotatable bonds is 19. The molecule has 1 aromatic rings. The third-order valence-corrected chi connectivity index (χ3v) is 5.34. The van der Waals surface area contributed by atoms with E-state index in [0.717, 1.165) is 44.9 Å². The van der Waals surface area contributed by atoms with Crippen LogP contribution in [0.4, 0.5) is 0 Å². The number of hydrogen-bond donors (Lipinski definition) is 3. The van der Waals surface area contributed by atoms with Crippen LogP contribution in [0, 0.1) is 0 Å². The number of hydrogen-bond acceptors (Lipinski definition) is 4. The average Bonchev–Trinajstić information content (AvgIpc) is 2.93. The van der Waals surface area contributed by atoms with Gasteiger partial charge in [0.05, 0.1) is 5.56 Å². The van der Waals surface area contributed by atoms with Crippen molar-refractivity contribution in [3.63, 3.8) is 0 Å². The van der Waals surface area contributed by atoms with Crippen molar-refractivity contribution < 1.29 is 14.4 Å². The monoisotopic (exact) mass is 520 g/mol. The van der Waals surface area contributed by atoms with Gasteiger partial charge in [0.2, 0.25) is 11.8 Å². The maximum absolute atomic E-state index is 12.1. The topological polar surface area (TPSA) is 100 Å². The number of nitrogens with zero attached hydrogens (tertiary/aromatic N) is 1. The Morgan fingerprint density at radius 3 is 2.00 bits per heavy atom. The van der Waals surface area contributed by atoms with E-state index in [1.54, 1.807) is 25.3 Å². The van der Waals surface area contributed by atoms with Crippen molar-refractivity contribution in [2.75, 3.05) is 13.1 Å². The minimum Gasteiger partial charge on any atom is -0.354 e. The molecule has 0 saturated carbocycles. The van der Waals surface area contributed by atoms with E-state index < -0.39 is 6.04 Å². The molecule has 0 fully saturated rings. The molecule has 0 aliphatic carbocycles. The second-order valence-electron chi connectivity index (χ2n) is 8.68. The van der Waals surface area contributed by atoms with Gasteiger partial charge in [-0.25, -0.2) is 0 Å². The van der Waals surface area contributed by atoms with Crippen molar-refractivity contribution in [3.8, 4) is 0 Å². The Morgan fingerprint density at radius 1 is 0.842 bits per heavy atom. The van der Waals surface area contributed by atoms with Crippen LogP contribution in [0.3, 0.4) is 0 Å². The van der Waals surface area contributed by atoms with Gasteiger partial charge in [-0.15, -0.1) is 0 Å². The number of carbonyl (C=O) groups excluding carboxylic acids is 3. The fourth-order valence-electron chi connectivity index (χ4n) is 3.22. The standard InChI is InChI=1S/C31H44N4O3/c1-3-4-5-6-7-8-9-10-11-12-13-14-15-16-17-18-19-22-29(36)33-24-25-34-30(37)27(2)35-31(38)28-21-20-23-32-26-28/h4-5,7-8,10-11,13-14,16-17,20-21,23,26-27H,3,6,9,12,15,18-19,22,24-25H2,1-2H3,(H,33,36)(H,34,37)(H,35,38)/t27-/m0/s1. The zero-order valence-electron chi connectivity index (χ0n) is 22.9. The fraction of sp³-hybridized carbons (Fsp3) is 0.419. The molecule has 0 aromatic carbocycles. The lowest BCUT2D eigenvalue weighted by Gasteiger charge is -2.14. The third kappa shape index (κ3) is 17.7. The van der Waals surface area contributed by atoms with Crippen LogP contribution in [0.5, 0.6) is 0 Å². The zero-order valence-corrected chi connectivity index (χ0v) is 22.9. The van der Waals surface area contributed by atoms with Gasteiger partial charge < -0.3 is 16.0 Å². The van der Waals surface area contributed by atoms with Gasteiger partial charge in [0, 0.05) is 31.9 Å². The van der Waals surface area contributed by atoms with Gasteiger partial charge in [0.25, 0.3) is 5.91 Å². The molecule has 0 bridgehead atoms. The summed E-state index contributed by atoms with van der Waals surface area (Å²) < 4.78 is 0. The predicted molar refractivity (Wildman–Crippen MR) is 155 cm³/mol. The first-order chi connectivity index (χ1) is 18.5. The van der Waals surface area contributed by atoms with Gasteiger partial charge in [0.15, 0.2) is 0 Å². The lowest BCUT2D eigenvalue weighted by molar-refractivity contribution is -0.123. The van der Waals surface area contributed by atoms with Crippen LogP contribution in [0.1, 0.15) is 75.6 Å². The molecule has 3 N–H and O–H groups in total. The maximum Gasteiger partial charge on any atom is 0.253 e. The number of amides is 3. The molecular weight excluding hydrogens is 476 g/mol. The average molecular weight is 521 g/mol. The first-order valence-electron chi connectivity index (χ1n) is 13.5. The van der Waals surface area contributed by atoms with Crippen molar-refractivity contribution in [1.29, 1.82) is 0 Å². The minimum atomic E-state index is -0.693. The molecular formula is C31H44N4O3. The van der Waals surface area contributed by atoms with Crippen LogP contribution in [0.25, 0.3) is 0 Å². The summed E-state index contributed by atoms with van der Waals surface area (Å²) in [5, 5.41) is 8.13. The molecule has 0 unspecified atom stereocenters. The molecule has 0 radical (unpaired) electrons. The number of unbranched alkanes of at least 4 members (excludes halogenated alkanes) is 1. The molecule has 3 amide bonds. The van der Waals surface area contributed by atoms with Gasteiger partial charge in [-0.05, 0) is 64.0 Å². The summed E-state index contributed by atoms with van der Waals surface area (Å²) in [5.41, 5.74) is 0.393. The maximum atomic E-state index is 12.1. The Kier molecular flexibility index (Phi) is 19.1. The van der Waals surface area contributed by atoms with E-state index in [0.29, 0.717) is 25.1 Å². The van der Waals surface area contributed by atoms with Gasteiger partial charge in [0.1, 0.15) is 6.04 Å². The van der Waals surface area contributed by atoms with Crippen LogP contribution < -0.4 is 16.0 Å². The Bertz CT molecular complexity index is 949. The first kappa shape index (κ1) is 32.3. The second-order valence-corrected chi connectivity index (χ2v) is 8.68. The number of aromatic nitrogens is 1. The summed E-state index contributed by atoms with van der Waals surface area (Å²) in [6.07, 6.45) is 31.7. The van der Waals surface area contributed by atoms with Crippen LogP contribution in [-0.2, 0) is 9.59 Å². The summed E-state index contributed by atoms with van der Waals surface area (Å²) in [4.78, 5) is 40.0. The lowest BCUT2D eigenvalue weighted by atomic mass is 10.2. The molecule has 7 nitrogen and oxygen atoms in total. The summed E-state index contributed by atoms with van der Waals surface area (Å²) in [7, 11) is 0. The van der Waals surface area contributed by atoms with Crippen molar-refractivity contribution in [2.45, 2.75) is 71.3 Å². The van der Waals surface area contributed by atoms with E-state index >= 15 is 0 Å². The van der Waals surface area contributed by atoms with Gasteiger partial charge in [-0.3, -0.25) is 19.4 Å². The molecule has 206 valence electrons. The normalized spacial score (nSPS) is 12.7. The van der Waals surface area contributed by atoms with Crippen LogP contribution >= 0.6 is 0 Å². The molecule has 0 spiro atoms. The largest absolute Gasteiger partial charge is 0.354 e. The Balaban J connectivity index is 2.01. The quantitative estimate of drug-likeness (QED) is 0.169. The van der Waals surface area contributed by atoms with E-state index in [1.165, 1.54) is 6.20 Å². The molecule has 1 aromatic heterocycles. The molecule has 1 heterocycles. The molecule has 7 heteroatoms. The second kappa shape index (κ2) is 22.5. The molecule has 1 atom stereocenters. The van der Waals surface area contributed by atoms with Crippen LogP contribution in [0.2, 0.25) is 0 Å². The highest BCUT2D eigenvalue weighted by molar-refractivity contribution is 5.97. The van der Waals surface area contributed by atoms with E-state index in [2.05, 4.69) is 88.6 Å².